The van der Waals surface area contributed by atoms with Crippen LogP contribution < -0.4 is 5.32 Å². The first kappa shape index (κ1) is 20.4. The van der Waals surface area contributed by atoms with E-state index in [9.17, 15) is 18.0 Å². The van der Waals surface area contributed by atoms with E-state index in [-0.39, 0.29) is 15.6 Å². The van der Waals surface area contributed by atoms with Crippen LogP contribution in [-0.4, -0.2) is 17.3 Å². The van der Waals surface area contributed by atoms with Crippen LogP contribution in [0.1, 0.15) is 16.7 Å². The summed E-state index contributed by atoms with van der Waals surface area (Å²) in [5.74, 6) is -0.471. The number of amides is 1. The van der Waals surface area contributed by atoms with E-state index in [4.69, 9.17) is 23.2 Å². The van der Waals surface area contributed by atoms with Gasteiger partial charge in [0.2, 0.25) is 0 Å². The number of carbonyl (C=O) groups excluding carboxylic acids is 1. The molecular formula is C18H10Cl2F3N3OS. The Bertz CT molecular complexity index is 1020. The Kier molecular flexibility index (Phi) is 6.12. The van der Waals surface area contributed by atoms with Gasteiger partial charge >= 0.3 is 6.18 Å². The van der Waals surface area contributed by atoms with Crippen LogP contribution in [0.2, 0.25) is 10.0 Å². The third-order valence-electron chi connectivity index (χ3n) is 3.47. The summed E-state index contributed by atoms with van der Waals surface area (Å²) in [5, 5.41) is 11.3. The monoisotopic (exact) mass is 443 g/mol. The lowest BCUT2D eigenvalue weighted by atomic mass is 10.1. The maximum Gasteiger partial charge on any atom is 0.416 e. The smallest absolute Gasteiger partial charge is 0.299 e. The lowest BCUT2D eigenvalue weighted by molar-refractivity contribution is -0.137. The molecular weight excluding hydrogens is 434 g/mol. The average Bonchev–Trinajstić information content (AvgIpc) is 2.96. The molecule has 4 nitrogen and oxygen atoms in total. The summed E-state index contributed by atoms with van der Waals surface area (Å²) in [6.45, 7) is 0. The van der Waals surface area contributed by atoms with Gasteiger partial charge in [-0.05, 0) is 47.7 Å². The molecule has 0 unspecified atom stereocenters. The average molecular weight is 444 g/mol. The first-order valence-electron chi connectivity index (χ1n) is 7.66. The normalized spacial score (nSPS) is 17.7. The fourth-order valence-electron chi connectivity index (χ4n) is 2.18. The largest absolute Gasteiger partial charge is 0.416 e. The van der Waals surface area contributed by atoms with E-state index in [0.717, 1.165) is 23.9 Å². The number of thioether (sulfide) groups is 1. The van der Waals surface area contributed by atoms with E-state index in [1.807, 2.05) is 0 Å². The second kappa shape index (κ2) is 8.38. The van der Waals surface area contributed by atoms with Crippen molar-refractivity contribution in [2.75, 3.05) is 0 Å². The minimum Gasteiger partial charge on any atom is -0.299 e. The number of alkyl halides is 3. The van der Waals surface area contributed by atoms with Crippen LogP contribution in [0.3, 0.4) is 0 Å². The topological polar surface area (TPSA) is 53.8 Å². The summed E-state index contributed by atoms with van der Waals surface area (Å²) in [4.78, 5) is 12.2. The maximum atomic E-state index is 12.8. The first-order chi connectivity index (χ1) is 13.2. The minimum absolute atomic E-state index is 0.199. The van der Waals surface area contributed by atoms with Crippen LogP contribution in [-0.2, 0) is 11.0 Å². The van der Waals surface area contributed by atoms with Gasteiger partial charge in [-0.3, -0.25) is 10.1 Å². The van der Waals surface area contributed by atoms with Crippen molar-refractivity contribution in [1.82, 2.24) is 5.32 Å². The number of rotatable bonds is 3. The summed E-state index contributed by atoms with van der Waals surface area (Å²) in [7, 11) is 0. The quantitative estimate of drug-likeness (QED) is 0.380. The molecule has 0 radical (unpaired) electrons. The van der Waals surface area contributed by atoms with Crippen molar-refractivity contribution in [3.63, 3.8) is 0 Å². The van der Waals surface area contributed by atoms with Crippen LogP contribution in [0.5, 0.6) is 0 Å². The molecule has 2 aromatic rings. The Morgan fingerprint density at radius 2 is 1.89 bits per heavy atom. The zero-order valence-corrected chi connectivity index (χ0v) is 16.1. The van der Waals surface area contributed by atoms with Gasteiger partial charge < -0.3 is 0 Å². The van der Waals surface area contributed by atoms with Gasteiger partial charge in [0.1, 0.15) is 0 Å². The van der Waals surface area contributed by atoms with E-state index in [2.05, 4.69) is 15.5 Å². The minimum atomic E-state index is -4.45. The molecule has 10 heteroatoms. The summed E-state index contributed by atoms with van der Waals surface area (Å²) in [6, 6.07) is 9.55. The van der Waals surface area contributed by atoms with Crippen molar-refractivity contribution < 1.29 is 18.0 Å². The number of halogens is 5. The van der Waals surface area contributed by atoms with Crippen LogP contribution in [0, 0.1) is 0 Å². The third kappa shape index (κ3) is 5.15. The maximum absolute atomic E-state index is 12.8. The van der Waals surface area contributed by atoms with Gasteiger partial charge in [0.25, 0.3) is 5.91 Å². The third-order valence-corrected chi connectivity index (χ3v) is 4.93. The molecule has 0 atom stereocenters. The number of benzene rings is 2. The molecule has 1 aliphatic heterocycles. The fraction of sp³-hybridized carbons (Fsp3) is 0.0556. The van der Waals surface area contributed by atoms with Crippen LogP contribution in [0.4, 0.5) is 13.2 Å². The van der Waals surface area contributed by atoms with E-state index in [0.29, 0.717) is 15.6 Å². The number of nitrogens with zero attached hydrogens (tertiary/aromatic N) is 2. The Hall–Kier alpha value is -2.29. The van der Waals surface area contributed by atoms with E-state index >= 15 is 0 Å². The Balaban J connectivity index is 1.75. The van der Waals surface area contributed by atoms with Crippen molar-refractivity contribution in [3.8, 4) is 0 Å². The van der Waals surface area contributed by atoms with E-state index in [1.54, 1.807) is 18.2 Å². The van der Waals surface area contributed by atoms with Gasteiger partial charge in [-0.25, -0.2) is 0 Å². The first-order valence-corrected chi connectivity index (χ1v) is 9.24. The highest BCUT2D eigenvalue weighted by molar-refractivity contribution is 8.18. The second-order valence-electron chi connectivity index (χ2n) is 5.50. The Morgan fingerprint density at radius 1 is 1.11 bits per heavy atom. The van der Waals surface area contributed by atoms with Gasteiger partial charge in [0.05, 0.1) is 21.7 Å². The number of hydrogen-bond acceptors (Lipinski definition) is 4. The number of hydrogen-bond donors (Lipinski definition) is 1. The SMILES string of the molecule is O=C1N/C(=N\N=C/c2ccc(Cl)cc2Cl)S/C1=C/c1cccc(C(F)(F)F)c1. The highest BCUT2D eigenvalue weighted by atomic mass is 35.5. The molecule has 3 rings (SSSR count). The molecule has 0 aliphatic carbocycles. The Morgan fingerprint density at radius 3 is 2.61 bits per heavy atom. The van der Waals surface area contributed by atoms with Crippen molar-refractivity contribution in [2.24, 2.45) is 10.2 Å². The molecule has 0 aromatic heterocycles. The molecule has 144 valence electrons. The number of amidine groups is 1. The molecule has 1 heterocycles. The predicted molar refractivity (Wildman–Crippen MR) is 107 cm³/mol. The Labute approximate surface area is 172 Å². The molecule has 1 saturated heterocycles. The van der Waals surface area contributed by atoms with Crippen molar-refractivity contribution in [3.05, 3.63) is 74.1 Å². The molecule has 1 N–H and O–H groups in total. The zero-order chi connectivity index (χ0) is 20.3. The van der Waals surface area contributed by atoms with Crippen molar-refractivity contribution in [1.29, 1.82) is 0 Å². The molecule has 1 fully saturated rings. The highest BCUT2D eigenvalue weighted by Gasteiger charge is 2.30. The highest BCUT2D eigenvalue weighted by Crippen LogP contribution is 2.31. The molecule has 1 amide bonds. The second-order valence-corrected chi connectivity index (χ2v) is 7.38. The van der Waals surface area contributed by atoms with Crippen molar-refractivity contribution in [2.45, 2.75) is 6.18 Å². The molecule has 28 heavy (non-hydrogen) atoms. The molecule has 0 bridgehead atoms. The molecule has 2 aromatic carbocycles. The molecule has 0 spiro atoms. The van der Waals surface area contributed by atoms with Crippen molar-refractivity contribution >= 4 is 58.3 Å². The zero-order valence-electron chi connectivity index (χ0n) is 13.8. The van der Waals surface area contributed by atoms with Gasteiger partial charge in [-0.15, -0.1) is 5.10 Å². The van der Waals surface area contributed by atoms with Gasteiger partial charge in [0.15, 0.2) is 5.17 Å². The van der Waals surface area contributed by atoms with Crippen LogP contribution in [0.15, 0.2) is 57.6 Å². The summed E-state index contributed by atoms with van der Waals surface area (Å²) in [6.07, 6.45) is -1.70. The van der Waals surface area contributed by atoms with Gasteiger partial charge in [0, 0.05) is 10.6 Å². The molecule has 0 saturated carbocycles. The number of carbonyl (C=O) groups is 1. The summed E-state index contributed by atoms with van der Waals surface area (Å²) < 4.78 is 38.4. The van der Waals surface area contributed by atoms with Crippen LogP contribution in [0.25, 0.3) is 6.08 Å². The summed E-state index contributed by atoms with van der Waals surface area (Å²) in [5.41, 5.74) is 0.0539. The summed E-state index contributed by atoms with van der Waals surface area (Å²) >= 11 is 12.8. The van der Waals surface area contributed by atoms with Gasteiger partial charge in [-0.2, -0.15) is 18.3 Å². The van der Waals surface area contributed by atoms with Crippen LogP contribution >= 0.6 is 35.0 Å². The van der Waals surface area contributed by atoms with E-state index in [1.165, 1.54) is 24.4 Å². The van der Waals surface area contributed by atoms with E-state index < -0.39 is 17.6 Å². The van der Waals surface area contributed by atoms with Gasteiger partial charge in [-0.1, -0.05) is 41.4 Å². The lowest BCUT2D eigenvalue weighted by Crippen LogP contribution is -2.19. The lowest BCUT2D eigenvalue weighted by Gasteiger charge is -2.06. The molecule has 1 aliphatic rings. The number of nitrogens with one attached hydrogen (secondary N) is 1. The fourth-order valence-corrected chi connectivity index (χ4v) is 3.42. The standard InChI is InChI=1S/C18H10Cl2F3N3OS/c19-13-5-4-11(14(20)8-13)9-24-26-17-25-16(27)15(28-17)7-10-2-1-3-12(6-10)18(21,22)23/h1-9H,(H,25,26,27)/b15-7+,24-9-. The predicted octanol–water partition coefficient (Wildman–Crippen LogP) is 5.61.